The molecule has 2 heteroatoms. The SMILES string of the molecule is COc1ccc2ccccc2c1-c1c(N=C/C=C\c2ccccc2)ccc2ccccc12. The van der Waals surface area contributed by atoms with E-state index in [4.69, 9.17) is 9.73 Å². The van der Waals surface area contributed by atoms with E-state index in [2.05, 4.69) is 84.9 Å². The molecule has 0 unspecified atom stereocenters. The van der Waals surface area contributed by atoms with E-state index in [-0.39, 0.29) is 0 Å². The number of aliphatic imine (C=N–C) groups is 1. The van der Waals surface area contributed by atoms with Crippen molar-refractivity contribution in [2.75, 3.05) is 7.11 Å². The van der Waals surface area contributed by atoms with Gasteiger partial charge in [0.1, 0.15) is 5.75 Å². The van der Waals surface area contributed by atoms with Crippen LogP contribution in [0.25, 0.3) is 38.7 Å². The zero-order valence-corrected chi connectivity index (χ0v) is 17.9. The predicted molar refractivity (Wildman–Crippen MR) is 137 cm³/mol. The van der Waals surface area contributed by atoms with Gasteiger partial charge in [0.15, 0.2) is 0 Å². The number of ether oxygens (including phenoxy) is 1. The first-order valence-corrected chi connectivity index (χ1v) is 10.7. The molecule has 0 N–H and O–H groups in total. The maximum absolute atomic E-state index is 5.83. The number of benzene rings is 5. The highest BCUT2D eigenvalue weighted by atomic mass is 16.5. The van der Waals surface area contributed by atoms with Crippen LogP contribution in [0.3, 0.4) is 0 Å². The van der Waals surface area contributed by atoms with Crippen molar-refractivity contribution in [3.8, 4) is 16.9 Å². The van der Waals surface area contributed by atoms with Crippen LogP contribution in [0.4, 0.5) is 5.69 Å². The predicted octanol–water partition coefficient (Wildman–Crippen LogP) is 8.08. The summed E-state index contributed by atoms with van der Waals surface area (Å²) in [5.74, 6) is 0.844. The first-order valence-electron chi connectivity index (χ1n) is 10.7. The van der Waals surface area contributed by atoms with E-state index in [0.717, 1.165) is 38.9 Å². The first kappa shape index (κ1) is 19.8. The summed E-state index contributed by atoms with van der Waals surface area (Å²) in [5, 5.41) is 4.66. The Morgan fingerprint density at radius 2 is 1.25 bits per heavy atom. The molecule has 5 aromatic carbocycles. The second-order valence-electron chi connectivity index (χ2n) is 7.59. The highest BCUT2D eigenvalue weighted by molar-refractivity contribution is 6.11. The third-order valence-electron chi connectivity index (χ3n) is 5.66. The molecular weight excluding hydrogens is 390 g/mol. The van der Waals surface area contributed by atoms with E-state index in [1.54, 1.807) is 7.11 Å². The summed E-state index contributed by atoms with van der Waals surface area (Å²) >= 11 is 0. The summed E-state index contributed by atoms with van der Waals surface area (Å²) in [6, 6.07) is 35.5. The van der Waals surface area contributed by atoms with Gasteiger partial charge in [-0.15, -0.1) is 0 Å². The van der Waals surface area contributed by atoms with Crippen molar-refractivity contribution in [1.29, 1.82) is 0 Å². The fraction of sp³-hybridized carbons (Fsp3) is 0.0333. The molecule has 154 valence electrons. The molecular formula is C30H23NO. The molecule has 0 amide bonds. The van der Waals surface area contributed by atoms with Crippen molar-refractivity contribution < 1.29 is 4.74 Å². The minimum Gasteiger partial charge on any atom is -0.496 e. The van der Waals surface area contributed by atoms with Crippen LogP contribution < -0.4 is 4.74 Å². The number of methoxy groups -OCH3 is 1. The van der Waals surface area contributed by atoms with Gasteiger partial charge in [0.25, 0.3) is 0 Å². The van der Waals surface area contributed by atoms with Crippen molar-refractivity contribution in [3.05, 3.63) is 115 Å². The van der Waals surface area contributed by atoms with Crippen LogP contribution in [0, 0.1) is 0 Å². The van der Waals surface area contributed by atoms with Crippen LogP contribution in [-0.4, -0.2) is 13.3 Å². The Balaban J connectivity index is 1.72. The Morgan fingerprint density at radius 1 is 0.625 bits per heavy atom. The van der Waals surface area contributed by atoms with Crippen LogP contribution in [0.2, 0.25) is 0 Å². The lowest BCUT2D eigenvalue weighted by molar-refractivity contribution is 0.417. The lowest BCUT2D eigenvalue weighted by Gasteiger charge is -2.16. The fourth-order valence-electron chi connectivity index (χ4n) is 4.15. The molecule has 0 aliphatic rings. The number of allylic oxidation sites excluding steroid dienone is 1. The number of fused-ring (bicyclic) bond motifs is 2. The Hall–Kier alpha value is -4.17. The van der Waals surface area contributed by atoms with E-state index in [1.807, 2.05) is 36.6 Å². The van der Waals surface area contributed by atoms with Crippen LogP contribution in [-0.2, 0) is 0 Å². The molecule has 0 fully saturated rings. The maximum Gasteiger partial charge on any atom is 0.127 e. The zero-order valence-electron chi connectivity index (χ0n) is 17.9. The monoisotopic (exact) mass is 413 g/mol. The van der Waals surface area contributed by atoms with Gasteiger partial charge in [-0.25, -0.2) is 0 Å². The molecule has 0 aliphatic carbocycles. The van der Waals surface area contributed by atoms with E-state index in [1.165, 1.54) is 10.8 Å². The second kappa shape index (κ2) is 8.91. The minimum atomic E-state index is 0.844. The van der Waals surface area contributed by atoms with Crippen molar-refractivity contribution >= 4 is 39.5 Å². The topological polar surface area (TPSA) is 21.6 Å². The van der Waals surface area contributed by atoms with Crippen LogP contribution in [0.1, 0.15) is 5.56 Å². The number of hydrogen-bond donors (Lipinski definition) is 0. The Morgan fingerprint density at radius 3 is 1.97 bits per heavy atom. The fourth-order valence-corrected chi connectivity index (χ4v) is 4.15. The number of rotatable bonds is 5. The molecule has 0 atom stereocenters. The smallest absolute Gasteiger partial charge is 0.127 e. The molecule has 0 radical (unpaired) electrons. The van der Waals surface area contributed by atoms with Crippen LogP contribution in [0.5, 0.6) is 5.75 Å². The molecule has 5 aromatic rings. The molecule has 0 heterocycles. The lowest BCUT2D eigenvalue weighted by atomic mass is 9.91. The average Bonchev–Trinajstić information content (AvgIpc) is 2.86. The third kappa shape index (κ3) is 3.79. The van der Waals surface area contributed by atoms with Crippen molar-refractivity contribution in [2.24, 2.45) is 4.99 Å². The normalized spacial score (nSPS) is 11.7. The maximum atomic E-state index is 5.83. The summed E-state index contributed by atoms with van der Waals surface area (Å²) in [7, 11) is 1.73. The Labute approximate surface area is 188 Å². The second-order valence-corrected chi connectivity index (χ2v) is 7.59. The molecule has 0 bridgehead atoms. The van der Waals surface area contributed by atoms with Gasteiger partial charge in [-0.3, -0.25) is 4.99 Å². The van der Waals surface area contributed by atoms with Gasteiger partial charge < -0.3 is 4.74 Å². The lowest BCUT2D eigenvalue weighted by Crippen LogP contribution is -1.92. The van der Waals surface area contributed by atoms with Crippen molar-refractivity contribution in [2.45, 2.75) is 0 Å². The summed E-state index contributed by atoms with van der Waals surface area (Å²) < 4.78 is 5.83. The molecule has 0 saturated heterocycles. The van der Waals surface area contributed by atoms with Gasteiger partial charge in [0, 0.05) is 17.3 Å². The molecule has 32 heavy (non-hydrogen) atoms. The average molecular weight is 414 g/mol. The van der Waals surface area contributed by atoms with E-state index >= 15 is 0 Å². The van der Waals surface area contributed by atoms with E-state index in [0.29, 0.717) is 0 Å². The summed E-state index contributed by atoms with van der Waals surface area (Å²) in [6.45, 7) is 0. The van der Waals surface area contributed by atoms with Crippen molar-refractivity contribution in [1.82, 2.24) is 0 Å². The quantitative estimate of drug-likeness (QED) is 0.267. The standard InChI is InChI=1S/C30H23NO/c1-32-28-20-18-24-14-6-8-16-26(24)30(28)29-25-15-7-5-13-23(25)17-19-27(29)31-21-9-12-22-10-3-2-4-11-22/h2-21H,1H3/b12-9-,31-21?. The molecule has 0 aliphatic heterocycles. The van der Waals surface area contributed by atoms with Crippen molar-refractivity contribution in [3.63, 3.8) is 0 Å². The van der Waals surface area contributed by atoms with E-state index in [9.17, 15) is 0 Å². The van der Waals surface area contributed by atoms with Gasteiger partial charge in [-0.05, 0) is 45.3 Å². The van der Waals surface area contributed by atoms with Gasteiger partial charge >= 0.3 is 0 Å². The summed E-state index contributed by atoms with van der Waals surface area (Å²) in [5.41, 5.74) is 4.21. The zero-order chi connectivity index (χ0) is 21.8. The van der Waals surface area contributed by atoms with Gasteiger partial charge in [0.05, 0.1) is 12.8 Å². The van der Waals surface area contributed by atoms with Gasteiger partial charge in [0.2, 0.25) is 0 Å². The number of hydrogen-bond acceptors (Lipinski definition) is 2. The largest absolute Gasteiger partial charge is 0.496 e. The highest BCUT2D eigenvalue weighted by Gasteiger charge is 2.17. The van der Waals surface area contributed by atoms with E-state index < -0.39 is 0 Å². The summed E-state index contributed by atoms with van der Waals surface area (Å²) in [4.78, 5) is 4.86. The molecule has 2 nitrogen and oxygen atoms in total. The Kier molecular flexibility index (Phi) is 5.50. The molecule has 0 aromatic heterocycles. The van der Waals surface area contributed by atoms with Crippen LogP contribution >= 0.6 is 0 Å². The van der Waals surface area contributed by atoms with Gasteiger partial charge in [-0.2, -0.15) is 0 Å². The molecule has 0 spiro atoms. The molecule has 0 saturated carbocycles. The minimum absolute atomic E-state index is 0.844. The molecule has 5 rings (SSSR count). The number of nitrogens with zero attached hydrogens (tertiary/aromatic N) is 1. The Bertz CT molecular complexity index is 1450. The van der Waals surface area contributed by atoms with Crippen LogP contribution in [0.15, 0.2) is 114 Å². The first-order chi connectivity index (χ1) is 15.8. The third-order valence-corrected chi connectivity index (χ3v) is 5.66. The highest BCUT2D eigenvalue weighted by Crippen LogP contribution is 2.45. The summed E-state index contributed by atoms with van der Waals surface area (Å²) in [6.07, 6.45) is 5.90. The van der Waals surface area contributed by atoms with Gasteiger partial charge in [-0.1, -0.05) is 97.1 Å².